The van der Waals surface area contributed by atoms with Gasteiger partial charge in [-0.1, -0.05) is 55.4 Å². The van der Waals surface area contributed by atoms with Crippen LogP contribution in [0.3, 0.4) is 0 Å². The van der Waals surface area contributed by atoms with Crippen LogP contribution in [0.1, 0.15) is 55.4 Å². The first-order valence-corrected chi connectivity index (χ1v) is 5.59. The Morgan fingerprint density at radius 1 is 0.929 bits per heavy atom. The predicted molar refractivity (Wildman–Crippen MR) is 62.2 cm³/mol. The maximum Gasteiger partial charge on any atom is 0.141 e. The fourth-order valence-corrected chi connectivity index (χ4v) is 1.76. The lowest BCUT2D eigenvalue weighted by molar-refractivity contribution is -0.138. The van der Waals surface area contributed by atoms with Crippen molar-refractivity contribution in [2.45, 2.75) is 55.4 Å². The van der Waals surface area contributed by atoms with Crippen LogP contribution in [0.4, 0.5) is 0 Å². The van der Waals surface area contributed by atoms with Crippen LogP contribution in [0.5, 0.6) is 0 Å². The van der Waals surface area contributed by atoms with Gasteiger partial charge < -0.3 is 0 Å². The predicted octanol–water partition coefficient (Wildman–Crippen LogP) is 3.92. The third-order valence-electron chi connectivity index (χ3n) is 4.19. The van der Waals surface area contributed by atoms with E-state index in [9.17, 15) is 4.79 Å². The molecule has 84 valence electrons. The minimum absolute atomic E-state index is 0.0500. The molecule has 1 heteroatoms. The normalized spacial score (nSPS) is 13.9. The van der Waals surface area contributed by atoms with Gasteiger partial charge in [0, 0.05) is 11.3 Å². The molecule has 0 atom stereocenters. The van der Waals surface area contributed by atoms with Gasteiger partial charge in [0.15, 0.2) is 0 Å². The quantitative estimate of drug-likeness (QED) is 0.669. The van der Waals surface area contributed by atoms with E-state index in [1.54, 1.807) is 0 Å². The molecule has 0 aromatic carbocycles. The zero-order valence-electron chi connectivity index (χ0n) is 11.1. The van der Waals surface area contributed by atoms with Gasteiger partial charge in [0.1, 0.15) is 5.78 Å². The van der Waals surface area contributed by atoms with Crippen molar-refractivity contribution in [2.24, 2.45) is 22.7 Å². The zero-order valence-corrected chi connectivity index (χ0v) is 11.1. The van der Waals surface area contributed by atoms with Gasteiger partial charge in [-0.15, -0.1) is 0 Å². The summed E-state index contributed by atoms with van der Waals surface area (Å²) in [7, 11) is 0. The van der Waals surface area contributed by atoms with E-state index in [0.717, 1.165) is 0 Å². The number of ketones is 1. The van der Waals surface area contributed by atoms with Gasteiger partial charge in [-0.05, 0) is 11.3 Å². The molecule has 0 saturated heterocycles. The molecular weight excluding hydrogens is 172 g/mol. The van der Waals surface area contributed by atoms with Crippen molar-refractivity contribution in [2.75, 3.05) is 0 Å². The summed E-state index contributed by atoms with van der Waals surface area (Å²) in [5.74, 6) is 1.01. The van der Waals surface area contributed by atoms with E-state index in [-0.39, 0.29) is 16.7 Å². The average molecular weight is 198 g/mol. The molecule has 0 fully saturated rings. The summed E-state index contributed by atoms with van der Waals surface area (Å²) < 4.78 is 0. The van der Waals surface area contributed by atoms with Crippen LogP contribution in [0.2, 0.25) is 0 Å². The van der Waals surface area contributed by atoms with Crippen LogP contribution >= 0.6 is 0 Å². The van der Waals surface area contributed by atoms with E-state index in [1.165, 1.54) is 0 Å². The molecule has 0 saturated carbocycles. The molecule has 0 aliphatic carbocycles. The summed E-state index contributed by atoms with van der Waals surface area (Å²) in [6.45, 7) is 16.9. The molecular formula is C13H26O. The molecule has 0 bridgehead atoms. The van der Waals surface area contributed by atoms with Crippen molar-refractivity contribution in [3.8, 4) is 0 Å². The molecule has 0 aliphatic rings. The summed E-state index contributed by atoms with van der Waals surface area (Å²) in [6, 6.07) is 0. The lowest BCUT2D eigenvalue weighted by atomic mass is 9.59. The van der Waals surface area contributed by atoms with E-state index in [0.29, 0.717) is 11.7 Å². The van der Waals surface area contributed by atoms with Crippen LogP contribution in [0, 0.1) is 22.7 Å². The van der Waals surface area contributed by atoms with E-state index in [1.807, 2.05) is 13.8 Å². The summed E-state index contributed by atoms with van der Waals surface area (Å²) >= 11 is 0. The SMILES string of the molecule is CC(C)C(=O)C(C)(C)C(C)(C)C(C)C. The third-order valence-corrected chi connectivity index (χ3v) is 4.19. The Labute approximate surface area is 89.3 Å². The van der Waals surface area contributed by atoms with Crippen molar-refractivity contribution in [3.05, 3.63) is 0 Å². The van der Waals surface area contributed by atoms with Crippen LogP contribution in [0.25, 0.3) is 0 Å². The highest BCUT2D eigenvalue weighted by Gasteiger charge is 2.45. The monoisotopic (exact) mass is 198 g/mol. The Balaban J connectivity index is 5.04. The molecule has 0 amide bonds. The fourth-order valence-electron chi connectivity index (χ4n) is 1.76. The van der Waals surface area contributed by atoms with Crippen molar-refractivity contribution < 1.29 is 4.79 Å². The van der Waals surface area contributed by atoms with Gasteiger partial charge in [-0.2, -0.15) is 0 Å². The topological polar surface area (TPSA) is 17.1 Å². The number of hydrogen-bond donors (Lipinski definition) is 0. The van der Waals surface area contributed by atoms with E-state index in [4.69, 9.17) is 0 Å². The number of hydrogen-bond acceptors (Lipinski definition) is 1. The highest BCUT2D eigenvalue weighted by molar-refractivity contribution is 5.86. The third kappa shape index (κ3) is 2.18. The van der Waals surface area contributed by atoms with Gasteiger partial charge in [0.25, 0.3) is 0 Å². The van der Waals surface area contributed by atoms with Gasteiger partial charge in [0.2, 0.25) is 0 Å². The van der Waals surface area contributed by atoms with Gasteiger partial charge in [-0.25, -0.2) is 0 Å². The largest absolute Gasteiger partial charge is 0.299 e. The molecule has 0 N–H and O–H groups in total. The molecule has 1 nitrogen and oxygen atoms in total. The van der Waals surface area contributed by atoms with Crippen LogP contribution in [0.15, 0.2) is 0 Å². The Morgan fingerprint density at radius 2 is 1.29 bits per heavy atom. The second kappa shape index (κ2) is 4.04. The van der Waals surface area contributed by atoms with Crippen LogP contribution < -0.4 is 0 Å². The minimum Gasteiger partial charge on any atom is -0.299 e. The van der Waals surface area contributed by atoms with Crippen LogP contribution in [-0.2, 0) is 4.79 Å². The average Bonchev–Trinajstić information content (AvgIpc) is 2.01. The first-order chi connectivity index (χ1) is 6.05. The summed E-state index contributed by atoms with van der Waals surface area (Å²) in [5, 5.41) is 0. The van der Waals surface area contributed by atoms with Crippen molar-refractivity contribution >= 4 is 5.78 Å². The van der Waals surface area contributed by atoms with Crippen molar-refractivity contribution in [3.63, 3.8) is 0 Å². The number of carbonyl (C=O) groups is 1. The van der Waals surface area contributed by atoms with Crippen molar-refractivity contribution in [1.29, 1.82) is 0 Å². The Morgan fingerprint density at radius 3 is 1.50 bits per heavy atom. The highest BCUT2D eigenvalue weighted by atomic mass is 16.1. The summed E-state index contributed by atoms with van der Waals surface area (Å²) in [5.41, 5.74) is -0.191. The number of Topliss-reactive ketones (excluding diaryl/α,β-unsaturated/α-hetero) is 1. The first-order valence-electron chi connectivity index (χ1n) is 5.59. The lowest BCUT2D eigenvalue weighted by Crippen LogP contribution is -2.44. The maximum absolute atomic E-state index is 12.1. The number of rotatable bonds is 4. The molecule has 0 radical (unpaired) electrons. The van der Waals surface area contributed by atoms with Gasteiger partial charge in [-0.3, -0.25) is 4.79 Å². The summed E-state index contributed by atoms with van der Waals surface area (Å²) in [4.78, 5) is 12.1. The van der Waals surface area contributed by atoms with E-state index in [2.05, 4.69) is 41.5 Å². The Kier molecular flexibility index (Phi) is 3.94. The smallest absolute Gasteiger partial charge is 0.141 e. The molecule has 0 unspecified atom stereocenters. The van der Waals surface area contributed by atoms with Gasteiger partial charge in [0.05, 0.1) is 0 Å². The van der Waals surface area contributed by atoms with Crippen LogP contribution in [-0.4, -0.2) is 5.78 Å². The maximum atomic E-state index is 12.1. The van der Waals surface area contributed by atoms with E-state index >= 15 is 0 Å². The first kappa shape index (κ1) is 13.7. The molecule has 0 aromatic rings. The second-order valence-corrected chi connectivity index (χ2v) is 6.02. The standard InChI is InChI=1S/C13H26O/c1-9(2)11(14)13(7,8)12(5,6)10(3)4/h9-10H,1-8H3. The minimum atomic E-state index is -0.241. The fraction of sp³-hybridized carbons (Fsp3) is 0.923. The zero-order chi connectivity index (χ0) is 11.7. The van der Waals surface area contributed by atoms with Gasteiger partial charge >= 0.3 is 0 Å². The van der Waals surface area contributed by atoms with Crippen molar-refractivity contribution in [1.82, 2.24) is 0 Å². The molecule has 0 spiro atoms. The molecule has 0 rings (SSSR count). The molecule has 0 heterocycles. The second-order valence-electron chi connectivity index (χ2n) is 6.02. The Bertz CT molecular complexity index is 209. The Hall–Kier alpha value is -0.330. The number of carbonyl (C=O) groups excluding carboxylic acids is 1. The molecule has 14 heavy (non-hydrogen) atoms. The van der Waals surface area contributed by atoms with E-state index < -0.39 is 0 Å². The summed E-state index contributed by atoms with van der Waals surface area (Å²) in [6.07, 6.45) is 0. The molecule has 0 aromatic heterocycles. The molecule has 0 aliphatic heterocycles. The highest BCUT2D eigenvalue weighted by Crippen LogP contribution is 2.46. The lowest BCUT2D eigenvalue weighted by Gasteiger charge is -2.44.